The topological polar surface area (TPSA) is 64.9 Å². The van der Waals surface area contributed by atoms with Crippen molar-refractivity contribution in [1.82, 2.24) is 10.1 Å². The van der Waals surface area contributed by atoms with Gasteiger partial charge >= 0.3 is 0 Å². The lowest BCUT2D eigenvalue weighted by Crippen LogP contribution is -2.07. The molecule has 2 heterocycles. The van der Waals surface area contributed by atoms with Crippen molar-refractivity contribution in [1.29, 1.82) is 0 Å². The Morgan fingerprint density at radius 3 is 3.00 bits per heavy atom. The quantitative estimate of drug-likeness (QED) is 0.883. The predicted molar refractivity (Wildman–Crippen MR) is 65.6 cm³/mol. The van der Waals surface area contributed by atoms with Gasteiger partial charge in [0.25, 0.3) is 0 Å². The molecule has 0 aliphatic carbocycles. The molecule has 0 spiro atoms. The van der Waals surface area contributed by atoms with Gasteiger partial charge in [0.2, 0.25) is 5.89 Å². The van der Waals surface area contributed by atoms with Gasteiger partial charge in [-0.1, -0.05) is 23.4 Å². The number of aromatic nitrogens is 2. The third-order valence-electron chi connectivity index (χ3n) is 2.79. The second-order valence-corrected chi connectivity index (χ2v) is 5.44. The Kier molecular flexibility index (Phi) is 2.64. The molecule has 88 valence electrons. The number of hydrogen-bond donors (Lipinski definition) is 1. The van der Waals surface area contributed by atoms with E-state index < -0.39 is 0 Å². The summed E-state index contributed by atoms with van der Waals surface area (Å²) in [6, 6.07) is 8.20. The Balaban J connectivity index is 1.84. The highest BCUT2D eigenvalue weighted by Crippen LogP contribution is 2.45. The normalized spacial score (nSPS) is 20.2. The minimum atomic E-state index is -0.179. The van der Waals surface area contributed by atoms with E-state index in [0.717, 1.165) is 6.42 Å². The molecule has 1 aliphatic heterocycles. The predicted octanol–water partition coefficient (Wildman–Crippen LogP) is 2.48. The Morgan fingerprint density at radius 1 is 1.47 bits per heavy atom. The Labute approximate surface area is 104 Å². The largest absolute Gasteiger partial charge is 0.338 e. The van der Waals surface area contributed by atoms with Crippen molar-refractivity contribution < 1.29 is 4.52 Å². The van der Waals surface area contributed by atoms with Gasteiger partial charge in [0, 0.05) is 4.90 Å². The van der Waals surface area contributed by atoms with Gasteiger partial charge in [0.15, 0.2) is 5.82 Å². The molecule has 4 nitrogen and oxygen atoms in total. The molecule has 5 heteroatoms. The van der Waals surface area contributed by atoms with E-state index >= 15 is 0 Å². The summed E-state index contributed by atoms with van der Waals surface area (Å²) >= 11 is 1.78. The van der Waals surface area contributed by atoms with Gasteiger partial charge in [-0.05, 0) is 25.0 Å². The van der Waals surface area contributed by atoms with E-state index in [1.54, 1.807) is 11.8 Å². The molecule has 0 saturated carbocycles. The van der Waals surface area contributed by atoms with Gasteiger partial charge in [-0.15, -0.1) is 11.8 Å². The number of nitrogens with zero attached hydrogens (tertiary/aromatic N) is 2. The fourth-order valence-electron chi connectivity index (χ4n) is 1.88. The van der Waals surface area contributed by atoms with Crippen molar-refractivity contribution in [3.05, 3.63) is 41.5 Å². The summed E-state index contributed by atoms with van der Waals surface area (Å²) in [5.74, 6) is 1.26. The van der Waals surface area contributed by atoms with Crippen LogP contribution in [0.3, 0.4) is 0 Å². The Bertz CT molecular complexity index is 513. The van der Waals surface area contributed by atoms with Crippen LogP contribution in [0.1, 0.15) is 35.5 Å². The van der Waals surface area contributed by atoms with Gasteiger partial charge in [-0.25, -0.2) is 0 Å². The monoisotopic (exact) mass is 247 g/mol. The van der Waals surface area contributed by atoms with Gasteiger partial charge in [-0.3, -0.25) is 0 Å². The molecule has 1 aromatic carbocycles. The standard InChI is InChI=1S/C12H13N3OS/c1-7(13)11-14-12(16-15-11)10-6-8-4-2-3-5-9(8)17-10/h2-5,7,10H,6,13H2,1H3. The lowest BCUT2D eigenvalue weighted by molar-refractivity contribution is 0.369. The zero-order valence-corrected chi connectivity index (χ0v) is 10.3. The maximum atomic E-state index is 5.72. The lowest BCUT2D eigenvalue weighted by atomic mass is 10.1. The van der Waals surface area contributed by atoms with Crippen LogP contribution in [0.5, 0.6) is 0 Å². The maximum absolute atomic E-state index is 5.72. The van der Waals surface area contributed by atoms with Gasteiger partial charge < -0.3 is 10.3 Å². The number of nitrogens with two attached hydrogens (primary N) is 1. The molecule has 17 heavy (non-hydrogen) atoms. The van der Waals surface area contributed by atoms with Crippen LogP contribution in [-0.4, -0.2) is 10.1 Å². The van der Waals surface area contributed by atoms with E-state index in [1.807, 2.05) is 6.92 Å². The molecule has 1 aromatic heterocycles. The second kappa shape index (κ2) is 4.16. The van der Waals surface area contributed by atoms with Crippen LogP contribution in [0.15, 0.2) is 33.7 Å². The number of fused-ring (bicyclic) bond motifs is 1. The van der Waals surface area contributed by atoms with Crippen LogP contribution in [-0.2, 0) is 6.42 Å². The first-order valence-corrected chi connectivity index (χ1v) is 6.45. The molecule has 2 atom stereocenters. The van der Waals surface area contributed by atoms with Crippen molar-refractivity contribution in [2.24, 2.45) is 5.73 Å². The summed E-state index contributed by atoms with van der Waals surface area (Å²) in [7, 11) is 0. The van der Waals surface area contributed by atoms with E-state index in [2.05, 4.69) is 34.4 Å². The third-order valence-corrected chi connectivity index (χ3v) is 4.09. The molecule has 0 fully saturated rings. The molecular weight excluding hydrogens is 234 g/mol. The summed E-state index contributed by atoms with van der Waals surface area (Å²) in [6.45, 7) is 1.85. The van der Waals surface area contributed by atoms with Crippen LogP contribution < -0.4 is 5.73 Å². The Morgan fingerprint density at radius 2 is 2.29 bits per heavy atom. The van der Waals surface area contributed by atoms with Crippen molar-refractivity contribution >= 4 is 11.8 Å². The summed E-state index contributed by atoms with van der Waals surface area (Å²) < 4.78 is 5.28. The molecule has 0 radical (unpaired) electrons. The Hall–Kier alpha value is -1.33. The number of benzene rings is 1. The summed E-state index contributed by atoms with van der Waals surface area (Å²) in [4.78, 5) is 5.65. The number of rotatable bonds is 2. The van der Waals surface area contributed by atoms with Gasteiger partial charge in [0.1, 0.15) is 0 Å². The van der Waals surface area contributed by atoms with Crippen LogP contribution in [0, 0.1) is 0 Å². The molecule has 2 unspecified atom stereocenters. The molecule has 0 bridgehead atoms. The second-order valence-electron chi connectivity index (χ2n) is 4.20. The van der Waals surface area contributed by atoms with E-state index in [1.165, 1.54) is 10.5 Å². The minimum absolute atomic E-state index is 0.179. The molecule has 2 N–H and O–H groups in total. The first-order valence-electron chi connectivity index (χ1n) is 5.57. The van der Waals surface area contributed by atoms with Crippen LogP contribution in [0.2, 0.25) is 0 Å². The summed E-state index contributed by atoms with van der Waals surface area (Å²) in [5.41, 5.74) is 7.07. The maximum Gasteiger partial charge on any atom is 0.240 e. The zero-order valence-electron chi connectivity index (χ0n) is 9.46. The lowest BCUT2D eigenvalue weighted by Gasteiger charge is -2.00. The fourth-order valence-corrected chi connectivity index (χ4v) is 3.11. The van der Waals surface area contributed by atoms with Crippen molar-refractivity contribution in [3.8, 4) is 0 Å². The number of thioether (sulfide) groups is 1. The number of hydrogen-bond acceptors (Lipinski definition) is 5. The summed E-state index contributed by atoms with van der Waals surface area (Å²) in [6.07, 6.45) is 0.946. The smallest absolute Gasteiger partial charge is 0.240 e. The first-order chi connectivity index (χ1) is 8.24. The van der Waals surface area contributed by atoms with E-state index in [0.29, 0.717) is 11.7 Å². The molecule has 1 aliphatic rings. The fraction of sp³-hybridized carbons (Fsp3) is 0.333. The average molecular weight is 247 g/mol. The van der Waals surface area contributed by atoms with Crippen molar-refractivity contribution in [3.63, 3.8) is 0 Å². The van der Waals surface area contributed by atoms with Crippen LogP contribution in [0.25, 0.3) is 0 Å². The van der Waals surface area contributed by atoms with Gasteiger partial charge in [0.05, 0.1) is 11.3 Å². The van der Waals surface area contributed by atoms with E-state index in [9.17, 15) is 0 Å². The third kappa shape index (κ3) is 1.96. The van der Waals surface area contributed by atoms with Crippen molar-refractivity contribution in [2.45, 2.75) is 29.5 Å². The minimum Gasteiger partial charge on any atom is -0.338 e. The SMILES string of the molecule is CC(N)c1noc(C2Cc3ccccc3S2)n1. The molecule has 2 aromatic rings. The molecular formula is C12H13N3OS. The van der Waals surface area contributed by atoms with Gasteiger partial charge in [-0.2, -0.15) is 4.98 Å². The first kappa shape index (κ1) is 10.8. The van der Waals surface area contributed by atoms with Crippen molar-refractivity contribution in [2.75, 3.05) is 0 Å². The highest BCUT2D eigenvalue weighted by Gasteiger charge is 2.28. The molecule has 0 saturated heterocycles. The molecule has 3 rings (SSSR count). The highest BCUT2D eigenvalue weighted by atomic mass is 32.2. The van der Waals surface area contributed by atoms with Crippen LogP contribution >= 0.6 is 11.8 Å². The van der Waals surface area contributed by atoms with E-state index in [-0.39, 0.29) is 11.3 Å². The zero-order chi connectivity index (χ0) is 11.8. The van der Waals surface area contributed by atoms with E-state index in [4.69, 9.17) is 10.3 Å². The average Bonchev–Trinajstić information content (AvgIpc) is 2.95. The molecule has 0 amide bonds. The highest BCUT2D eigenvalue weighted by molar-refractivity contribution is 7.99. The van der Waals surface area contributed by atoms with Crippen LogP contribution in [0.4, 0.5) is 0 Å². The summed E-state index contributed by atoms with van der Waals surface area (Å²) in [5, 5.41) is 4.13.